The van der Waals surface area contributed by atoms with Crippen molar-refractivity contribution in [3.63, 3.8) is 0 Å². The van der Waals surface area contributed by atoms with Gasteiger partial charge in [0.1, 0.15) is 0 Å². The molecule has 1 aliphatic rings. The first-order valence-electron chi connectivity index (χ1n) is 7.11. The number of hydrogen-bond acceptors (Lipinski definition) is 2. The monoisotopic (exact) mass is 286 g/mol. The highest BCUT2D eigenvalue weighted by molar-refractivity contribution is 5.29. The van der Waals surface area contributed by atoms with Crippen molar-refractivity contribution in [3.8, 4) is 0 Å². The van der Waals surface area contributed by atoms with Crippen molar-refractivity contribution in [2.24, 2.45) is 0 Å². The van der Waals surface area contributed by atoms with Gasteiger partial charge < -0.3 is 5.32 Å². The summed E-state index contributed by atoms with van der Waals surface area (Å²) in [5.74, 6) is 0. The Morgan fingerprint density at radius 2 is 2.05 bits per heavy atom. The molecule has 0 aliphatic carbocycles. The number of nitrogens with zero attached hydrogens (tertiary/aromatic N) is 1. The van der Waals surface area contributed by atoms with Crippen molar-refractivity contribution >= 4 is 0 Å². The molecule has 2 nitrogen and oxygen atoms in total. The minimum absolute atomic E-state index is 0.372. The molecule has 1 saturated heterocycles. The third-order valence-electron chi connectivity index (χ3n) is 3.72. The lowest BCUT2D eigenvalue weighted by Crippen LogP contribution is -2.45. The van der Waals surface area contributed by atoms with E-state index in [0.29, 0.717) is 18.2 Å². The number of benzene rings is 1. The van der Waals surface area contributed by atoms with Crippen LogP contribution in [0, 0.1) is 0 Å². The molecular weight excluding hydrogens is 265 g/mol. The first-order valence-corrected chi connectivity index (χ1v) is 7.11. The zero-order valence-corrected chi connectivity index (χ0v) is 11.7. The molecule has 112 valence electrons. The number of piperidine rings is 1. The van der Waals surface area contributed by atoms with Gasteiger partial charge in [-0.05, 0) is 37.6 Å². The first-order chi connectivity index (χ1) is 9.50. The van der Waals surface area contributed by atoms with E-state index in [1.165, 1.54) is 12.1 Å². The van der Waals surface area contributed by atoms with E-state index >= 15 is 0 Å². The van der Waals surface area contributed by atoms with Crippen LogP contribution < -0.4 is 5.32 Å². The lowest BCUT2D eigenvalue weighted by molar-refractivity contribution is -0.138. The Balaban J connectivity index is 2.06. The van der Waals surface area contributed by atoms with Crippen LogP contribution in [0.5, 0.6) is 0 Å². The van der Waals surface area contributed by atoms with Crippen molar-refractivity contribution < 1.29 is 13.2 Å². The van der Waals surface area contributed by atoms with E-state index in [1.54, 1.807) is 12.1 Å². The summed E-state index contributed by atoms with van der Waals surface area (Å²) >= 11 is 0. The Kier molecular flexibility index (Phi) is 5.05. The van der Waals surface area contributed by atoms with E-state index in [-0.39, 0.29) is 0 Å². The average molecular weight is 286 g/mol. The molecule has 1 heterocycles. The molecule has 2 rings (SSSR count). The summed E-state index contributed by atoms with van der Waals surface area (Å²) in [7, 11) is 0. The van der Waals surface area contributed by atoms with E-state index in [4.69, 9.17) is 0 Å². The Bertz CT molecular complexity index is 429. The lowest BCUT2D eigenvalue weighted by Gasteiger charge is -2.33. The summed E-state index contributed by atoms with van der Waals surface area (Å²) in [5, 5.41) is 3.38. The van der Waals surface area contributed by atoms with Crippen LogP contribution >= 0.6 is 0 Å². The molecule has 20 heavy (non-hydrogen) atoms. The molecule has 1 aromatic rings. The zero-order valence-electron chi connectivity index (χ0n) is 11.7. The van der Waals surface area contributed by atoms with Crippen LogP contribution in [0.2, 0.25) is 0 Å². The van der Waals surface area contributed by atoms with Gasteiger partial charge in [-0.25, -0.2) is 0 Å². The summed E-state index contributed by atoms with van der Waals surface area (Å²) in [6, 6.07) is 6.27. The highest BCUT2D eigenvalue weighted by Gasteiger charge is 2.33. The molecule has 1 aromatic carbocycles. The normalized spacial score (nSPS) is 21.1. The van der Waals surface area contributed by atoms with Crippen molar-refractivity contribution in [3.05, 3.63) is 35.4 Å². The van der Waals surface area contributed by atoms with Gasteiger partial charge in [0.2, 0.25) is 0 Å². The molecule has 0 amide bonds. The van der Waals surface area contributed by atoms with Gasteiger partial charge >= 0.3 is 6.18 Å². The number of likely N-dealkylation sites (tertiary alicyclic amines) is 1. The number of alkyl halides is 3. The maximum Gasteiger partial charge on any atom is 0.416 e. The van der Waals surface area contributed by atoms with E-state index in [2.05, 4.69) is 17.1 Å². The van der Waals surface area contributed by atoms with Gasteiger partial charge in [0.05, 0.1) is 5.56 Å². The highest BCUT2D eigenvalue weighted by Crippen LogP contribution is 2.32. The number of rotatable bonds is 4. The third kappa shape index (κ3) is 3.96. The molecule has 0 radical (unpaired) electrons. The van der Waals surface area contributed by atoms with Crippen LogP contribution in [0.1, 0.15) is 30.9 Å². The molecule has 1 fully saturated rings. The van der Waals surface area contributed by atoms with E-state index in [9.17, 15) is 13.2 Å². The first kappa shape index (κ1) is 15.3. The number of nitrogens with one attached hydrogen (secondary N) is 1. The maximum atomic E-state index is 13.0. The van der Waals surface area contributed by atoms with Crippen molar-refractivity contribution in [2.45, 2.75) is 38.5 Å². The lowest BCUT2D eigenvalue weighted by atomic mass is 10.0. The van der Waals surface area contributed by atoms with Crippen LogP contribution in [0.4, 0.5) is 13.2 Å². The van der Waals surface area contributed by atoms with Gasteiger partial charge in [0.15, 0.2) is 0 Å². The maximum absolute atomic E-state index is 13.0. The van der Waals surface area contributed by atoms with Crippen molar-refractivity contribution in [2.75, 3.05) is 19.6 Å². The van der Waals surface area contributed by atoms with Gasteiger partial charge in [-0.1, -0.05) is 25.1 Å². The second kappa shape index (κ2) is 6.59. The molecule has 0 bridgehead atoms. The number of hydrogen-bond donors (Lipinski definition) is 1. The van der Waals surface area contributed by atoms with E-state index in [1.807, 2.05) is 0 Å². The van der Waals surface area contributed by atoms with Gasteiger partial charge in [0, 0.05) is 19.1 Å². The second-order valence-corrected chi connectivity index (χ2v) is 5.29. The predicted molar refractivity (Wildman–Crippen MR) is 73.4 cm³/mol. The molecular formula is C15H21F3N2. The van der Waals surface area contributed by atoms with E-state index < -0.39 is 11.7 Å². The second-order valence-electron chi connectivity index (χ2n) is 5.29. The fourth-order valence-electron chi connectivity index (χ4n) is 2.83. The smallest absolute Gasteiger partial charge is 0.313 e. The Morgan fingerprint density at radius 3 is 2.75 bits per heavy atom. The minimum Gasteiger partial charge on any atom is -0.313 e. The Labute approximate surface area is 118 Å². The van der Waals surface area contributed by atoms with Gasteiger partial charge in [0.25, 0.3) is 0 Å². The molecule has 5 heteroatoms. The van der Waals surface area contributed by atoms with Crippen molar-refractivity contribution in [1.29, 1.82) is 0 Å². The highest BCUT2D eigenvalue weighted by atomic mass is 19.4. The Morgan fingerprint density at radius 1 is 1.30 bits per heavy atom. The summed E-state index contributed by atoms with van der Waals surface area (Å²) in [6.45, 7) is 5.02. The molecule has 1 atom stereocenters. The standard InChI is InChI=1S/C15H21F3N2/c1-2-19-13-7-5-9-20(11-13)10-12-6-3-4-8-14(12)15(16,17)18/h3-4,6,8,13,19H,2,5,7,9-11H2,1H3. The molecule has 0 saturated carbocycles. The SMILES string of the molecule is CCNC1CCCN(Cc2ccccc2C(F)(F)F)C1. The minimum atomic E-state index is -4.27. The van der Waals surface area contributed by atoms with Crippen LogP contribution in [0.25, 0.3) is 0 Å². The van der Waals surface area contributed by atoms with Crippen molar-refractivity contribution in [1.82, 2.24) is 10.2 Å². The van der Waals surface area contributed by atoms with Crippen LogP contribution in [-0.2, 0) is 12.7 Å². The molecule has 1 aliphatic heterocycles. The summed E-state index contributed by atoms with van der Waals surface area (Å²) < 4.78 is 38.9. The third-order valence-corrected chi connectivity index (χ3v) is 3.72. The van der Waals surface area contributed by atoms with Gasteiger partial charge in [-0.3, -0.25) is 4.90 Å². The molecule has 1 unspecified atom stereocenters. The summed E-state index contributed by atoms with van der Waals surface area (Å²) in [4.78, 5) is 2.11. The predicted octanol–water partition coefficient (Wildman–Crippen LogP) is 3.28. The van der Waals surface area contributed by atoms with Gasteiger partial charge in [-0.2, -0.15) is 13.2 Å². The van der Waals surface area contributed by atoms with Crippen LogP contribution in [0.3, 0.4) is 0 Å². The number of likely N-dealkylation sites (N-methyl/N-ethyl adjacent to an activating group) is 1. The fraction of sp³-hybridized carbons (Fsp3) is 0.600. The summed E-state index contributed by atoms with van der Waals surface area (Å²) in [6.07, 6.45) is -2.13. The van der Waals surface area contributed by atoms with Crippen LogP contribution in [-0.4, -0.2) is 30.6 Å². The topological polar surface area (TPSA) is 15.3 Å². The largest absolute Gasteiger partial charge is 0.416 e. The molecule has 0 aromatic heterocycles. The molecule has 0 spiro atoms. The Hall–Kier alpha value is -1.07. The zero-order chi connectivity index (χ0) is 14.6. The summed E-state index contributed by atoms with van der Waals surface area (Å²) in [5.41, 5.74) is -0.136. The van der Waals surface area contributed by atoms with Gasteiger partial charge in [-0.15, -0.1) is 0 Å². The molecule has 1 N–H and O–H groups in total. The number of halogens is 3. The fourth-order valence-corrected chi connectivity index (χ4v) is 2.83. The quantitative estimate of drug-likeness (QED) is 0.914. The van der Waals surface area contributed by atoms with Crippen LogP contribution in [0.15, 0.2) is 24.3 Å². The average Bonchev–Trinajstić information content (AvgIpc) is 2.39. The van der Waals surface area contributed by atoms with E-state index in [0.717, 1.165) is 32.5 Å².